The first kappa shape index (κ1) is 16.7. The average Bonchev–Trinajstić information content (AvgIpc) is 3.40. The number of likely N-dealkylation sites (tertiary alicyclic amines) is 1. The summed E-state index contributed by atoms with van der Waals surface area (Å²) < 4.78 is 16.2. The number of thiophene rings is 1. The van der Waals surface area contributed by atoms with Crippen LogP contribution in [0.25, 0.3) is 0 Å². The largest absolute Gasteiger partial charge is 0.337 e. The number of nitrogens with zero attached hydrogens (tertiary/aromatic N) is 3. The van der Waals surface area contributed by atoms with Crippen molar-refractivity contribution in [2.75, 3.05) is 13.1 Å². The second-order valence-corrected chi connectivity index (χ2v) is 8.27. The lowest BCUT2D eigenvalue weighted by molar-refractivity contribution is 0.0559. The van der Waals surface area contributed by atoms with Crippen LogP contribution in [-0.4, -0.2) is 39.4 Å². The minimum atomic E-state index is -0.166. The summed E-state index contributed by atoms with van der Waals surface area (Å²) in [6, 6.07) is 15.2. The van der Waals surface area contributed by atoms with Gasteiger partial charge in [0.05, 0.1) is 18.6 Å². The van der Waals surface area contributed by atoms with Crippen molar-refractivity contribution in [2.24, 2.45) is 0 Å². The third kappa shape index (κ3) is 2.89. The van der Waals surface area contributed by atoms with E-state index in [2.05, 4.69) is 15.5 Å². The van der Waals surface area contributed by atoms with Gasteiger partial charge in [0, 0.05) is 36.3 Å². The van der Waals surface area contributed by atoms with Crippen molar-refractivity contribution in [1.29, 1.82) is 0 Å². The highest BCUT2D eigenvalue weighted by molar-refractivity contribution is 7.09. The van der Waals surface area contributed by atoms with Gasteiger partial charge in [0.15, 0.2) is 0 Å². The molecule has 138 valence electrons. The molecule has 4 nitrogen and oxygen atoms in total. The quantitative estimate of drug-likeness (QED) is 0.688. The standard InChI is InChI=1S/C21H20FN3OS/c22-17-7-2-1-5-15(17)11-23-13-19-20(14-23)25(12-16-6-4-10-27-16)21(26)18-8-3-9-24(18)19/h1-10,19-20H,11-14H2/t19-,20-/m1/s1. The van der Waals surface area contributed by atoms with E-state index in [1.807, 2.05) is 46.8 Å². The van der Waals surface area contributed by atoms with Crippen molar-refractivity contribution in [2.45, 2.75) is 25.2 Å². The Labute approximate surface area is 161 Å². The van der Waals surface area contributed by atoms with Crippen LogP contribution in [0.2, 0.25) is 0 Å². The zero-order chi connectivity index (χ0) is 18.4. The second-order valence-electron chi connectivity index (χ2n) is 7.23. The summed E-state index contributed by atoms with van der Waals surface area (Å²) in [6.07, 6.45) is 2.00. The first-order valence-corrected chi connectivity index (χ1v) is 10.0. The van der Waals surface area contributed by atoms with Crippen molar-refractivity contribution < 1.29 is 9.18 Å². The van der Waals surface area contributed by atoms with E-state index >= 15 is 0 Å². The van der Waals surface area contributed by atoms with Crippen LogP contribution in [0.1, 0.15) is 27.0 Å². The Morgan fingerprint density at radius 1 is 1.00 bits per heavy atom. The number of hydrogen-bond donors (Lipinski definition) is 0. The number of amides is 1. The summed E-state index contributed by atoms with van der Waals surface area (Å²) in [7, 11) is 0. The Morgan fingerprint density at radius 2 is 1.85 bits per heavy atom. The van der Waals surface area contributed by atoms with Crippen molar-refractivity contribution in [3.63, 3.8) is 0 Å². The van der Waals surface area contributed by atoms with Crippen LogP contribution in [0.4, 0.5) is 4.39 Å². The zero-order valence-corrected chi connectivity index (χ0v) is 15.6. The van der Waals surface area contributed by atoms with E-state index in [4.69, 9.17) is 0 Å². The molecule has 2 aromatic heterocycles. The summed E-state index contributed by atoms with van der Waals surface area (Å²) in [5.41, 5.74) is 1.46. The lowest BCUT2D eigenvalue weighted by Gasteiger charge is -2.38. The molecule has 1 saturated heterocycles. The van der Waals surface area contributed by atoms with Crippen LogP contribution >= 0.6 is 11.3 Å². The molecule has 3 aromatic rings. The highest BCUT2D eigenvalue weighted by Crippen LogP contribution is 2.35. The van der Waals surface area contributed by atoms with Crippen molar-refractivity contribution in [1.82, 2.24) is 14.4 Å². The highest BCUT2D eigenvalue weighted by atomic mass is 32.1. The third-order valence-corrected chi connectivity index (χ3v) is 6.47. The Kier molecular flexibility index (Phi) is 4.10. The predicted octanol–water partition coefficient (Wildman–Crippen LogP) is 3.77. The number of fused-ring (bicyclic) bond motifs is 3. The maximum Gasteiger partial charge on any atom is 0.271 e. The van der Waals surface area contributed by atoms with E-state index in [1.54, 1.807) is 17.4 Å². The van der Waals surface area contributed by atoms with Gasteiger partial charge in [-0.25, -0.2) is 4.39 Å². The van der Waals surface area contributed by atoms with Gasteiger partial charge >= 0.3 is 0 Å². The number of halogens is 1. The van der Waals surface area contributed by atoms with Crippen molar-refractivity contribution in [3.05, 3.63) is 82.1 Å². The van der Waals surface area contributed by atoms with Gasteiger partial charge in [0.25, 0.3) is 5.91 Å². The molecule has 1 fully saturated rings. The molecule has 2 atom stereocenters. The molecule has 0 bridgehead atoms. The minimum Gasteiger partial charge on any atom is -0.337 e. The van der Waals surface area contributed by atoms with E-state index in [0.29, 0.717) is 18.7 Å². The number of hydrogen-bond acceptors (Lipinski definition) is 3. The first-order chi connectivity index (χ1) is 13.2. The summed E-state index contributed by atoms with van der Waals surface area (Å²) in [6.45, 7) is 2.77. The van der Waals surface area contributed by atoms with Crippen LogP contribution < -0.4 is 0 Å². The Morgan fingerprint density at radius 3 is 2.67 bits per heavy atom. The van der Waals surface area contributed by atoms with Gasteiger partial charge in [-0.05, 0) is 29.6 Å². The van der Waals surface area contributed by atoms with E-state index in [0.717, 1.165) is 18.8 Å². The summed E-state index contributed by atoms with van der Waals surface area (Å²) in [5.74, 6) is -0.0806. The normalized spacial score (nSPS) is 22.1. The fourth-order valence-corrected chi connectivity index (χ4v) is 5.05. The Bertz CT molecular complexity index is 967. The number of carbonyl (C=O) groups excluding carboxylic acids is 1. The molecule has 0 radical (unpaired) electrons. The molecule has 0 saturated carbocycles. The number of carbonyl (C=O) groups is 1. The zero-order valence-electron chi connectivity index (χ0n) is 14.8. The smallest absolute Gasteiger partial charge is 0.271 e. The molecular weight excluding hydrogens is 361 g/mol. The molecule has 4 heterocycles. The molecule has 6 heteroatoms. The lowest BCUT2D eigenvalue weighted by atomic mass is 10.1. The second kappa shape index (κ2) is 6.62. The molecule has 0 unspecified atom stereocenters. The van der Waals surface area contributed by atoms with E-state index in [-0.39, 0.29) is 23.8 Å². The predicted molar refractivity (Wildman–Crippen MR) is 103 cm³/mol. The van der Waals surface area contributed by atoms with Gasteiger partial charge in [-0.2, -0.15) is 0 Å². The van der Waals surface area contributed by atoms with Gasteiger partial charge in [0.1, 0.15) is 11.5 Å². The van der Waals surface area contributed by atoms with Crippen LogP contribution in [0.3, 0.4) is 0 Å². The van der Waals surface area contributed by atoms with Gasteiger partial charge in [-0.1, -0.05) is 24.3 Å². The van der Waals surface area contributed by atoms with Gasteiger partial charge < -0.3 is 9.47 Å². The number of rotatable bonds is 4. The van der Waals surface area contributed by atoms with Crippen LogP contribution in [0, 0.1) is 5.82 Å². The molecule has 0 N–H and O–H groups in total. The van der Waals surface area contributed by atoms with Crippen LogP contribution in [-0.2, 0) is 13.1 Å². The molecule has 5 rings (SSSR count). The maximum atomic E-state index is 14.1. The SMILES string of the molecule is O=C1c2cccn2[C@@H]2CN(Cc3ccccc3F)C[C@H]2N1Cc1cccs1. The molecule has 1 aromatic carbocycles. The summed E-state index contributed by atoms with van der Waals surface area (Å²) in [5, 5.41) is 2.04. The number of benzene rings is 1. The first-order valence-electron chi connectivity index (χ1n) is 9.16. The fourth-order valence-electron chi connectivity index (χ4n) is 4.34. The average molecular weight is 381 g/mol. The minimum absolute atomic E-state index is 0.0855. The van der Waals surface area contributed by atoms with E-state index in [9.17, 15) is 9.18 Å². The van der Waals surface area contributed by atoms with Gasteiger partial charge in [-0.15, -0.1) is 11.3 Å². The lowest BCUT2D eigenvalue weighted by Crippen LogP contribution is -2.49. The molecule has 2 aliphatic heterocycles. The Hall–Kier alpha value is -2.44. The highest BCUT2D eigenvalue weighted by Gasteiger charge is 2.44. The number of aromatic nitrogens is 1. The van der Waals surface area contributed by atoms with Gasteiger partial charge in [-0.3, -0.25) is 9.69 Å². The molecule has 1 amide bonds. The molecule has 0 spiro atoms. The topological polar surface area (TPSA) is 28.5 Å². The van der Waals surface area contributed by atoms with Crippen molar-refractivity contribution in [3.8, 4) is 0 Å². The molecule has 0 aliphatic carbocycles. The monoisotopic (exact) mass is 381 g/mol. The molecular formula is C21H20FN3OS. The maximum absolute atomic E-state index is 14.1. The third-order valence-electron chi connectivity index (χ3n) is 5.61. The van der Waals surface area contributed by atoms with E-state index < -0.39 is 0 Å². The van der Waals surface area contributed by atoms with Crippen LogP contribution in [0.15, 0.2) is 60.1 Å². The molecule has 27 heavy (non-hydrogen) atoms. The fraction of sp³-hybridized carbons (Fsp3) is 0.286. The van der Waals surface area contributed by atoms with E-state index in [1.165, 1.54) is 10.9 Å². The molecule has 2 aliphatic rings. The van der Waals surface area contributed by atoms with Crippen molar-refractivity contribution >= 4 is 17.2 Å². The van der Waals surface area contributed by atoms with Gasteiger partial charge in [0.2, 0.25) is 0 Å². The summed E-state index contributed by atoms with van der Waals surface area (Å²) in [4.78, 5) is 18.6. The van der Waals surface area contributed by atoms with Crippen LogP contribution in [0.5, 0.6) is 0 Å². The summed E-state index contributed by atoms with van der Waals surface area (Å²) >= 11 is 1.68. The Balaban J connectivity index is 1.44.